The van der Waals surface area contributed by atoms with Gasteiger partial charge in [-0.2, -0.15) is 0 Å². The summed E-state index contributed by atoms with van der Waals surface area (Å²) in [5, 5.41) is 0. The fourth-order valence-electron chi connectivity index (χ4n) is 2.43. The normalized spacial score (nSPS) is 12.9. The van der Waals surface area contributed by atoms with Gasteiger partial charge in [-0.3, -0.25) is 4.79 Å². The molecule has 4 heteroatoms. The Bertz CT molecular complexity index is 477. The van der Waals surface area contributed by atoms with Crippen molar-refractivity contribution in [3.63, 3.8) is 0 Å². The lowest BCUT2D eigenvalue weighted by Gasteiger charge is -2.28. The molecule has 0 N–H and O–H groups in total. The fourth-order valence-corrected chi connectivity index (χ4v) is 3.02. The fraction of sp³-hybridized carbons (Fsp3) is 0.650. The van der Waals surface area contributed by atoms with E-state index in [-0.39, 0.29) is 17.3 Å². The van der Waals surface area contributed by atoms with Crippen LogP contribution in [-0.4, -0.2) is 19.2 Å². The van der Waals surface area contributed by atoms with Gasteiger partial charge in [0.1, 0.15) is 0 Å². The summed E-state index contributed by atoms with van der Waals surface area (Å²) in [4.78, 5) is 13.3. The zero-order chi connectivity index (χ0) is 18.0. The molecule has 136 valence electrons. The first kappa shape index (κ1) is 21.0. The molecule has 0 bridgehead atoms. The van der Waals surface area contributed by atoms with E-state index in [9.17, 15) is 4.79 Å². The molecule has 0 saturated heterocycles. The molecule has 0 aliphatic carbocycles. The summed E-state index contributed by atoms with van der Waals surface area (Å²) < 4.78 is 11.0. The van der Waals surface area contributed by atoms with E-state index in [1.807, 2.05) is 0 Å². The van der Waals surface area contributed by atoms with Gasteiger partial charge < -0.3 is 8.92 Å². The Balaban J connectivity index is 2.14. The molecule has 0 aliphatic heterocycles. The van der Waals surface area contributed by atoms with Crippen molar-refractivity contribution in [1.82, 2.24) is 0 Å². The monoisotopic (exact) mass is 352 g/mol. The Labute approximate surface area is 151 Å². The molecule has 24 heavy (non-hydrogen) atoms. The number of esters is 1. The molecule has 0 radical (unpaired) electrons. The van der Waals surface area contributed by atoms with Gasteiger partial charge in [0.15, 0.2) is 0 Å². The van der Waals surface area contributed by atoms with Crippen molar-refractivity contribution >= 4 is 18.0 Å². The summed E-state index contributed by atoms with van der Waals surface area (Å²) in [5.41, 5.74) is 1.21. The molecule has 0 amide bonds. The molecule has 1 aromatic carbocycles. The molecule has 0 aliphatic rings. The standard InChI is InChI=1S/C20H32O3S/c1-6-9-18(20(3,4)5)19(21)22-14-7-8-15-23-24-17-12-10-16(2)11-13-17/h10-13,18H,6-9,14-15H2,1-5H3. The lowest BCUT2D eigenvalue weighted by atomic mass is 9.78. The summed E-state index contributed by atoms with van der Waals surface area (Å²) in [5.74, 6) is -0.0739. The number of benzene rings is 1. The van der Waals surface area contributed by atoms with Crippen LogP contribution in [0.5, 0.6) is 0 Å². The van der Waals surface area contributed by atoms with E-state index in [2.05, 4.69) is 58.9 Å². The van der Waals surface area contributed by atoms with Gasteiger partial charge in [0, 0.05) is 16.9 Å². The summed E-state index contributed by atoms with van der Waals surface area (Å²) in [7, 11) is 0. The Kier molecular flexibility index (Phi) is 9.45. The van der Waals surface area contributed by atoms with Crippen molar-refractivity contribution in [3.05, 3.63) is 29.8 Å². The highest BCUT2D eigenvalue weighted by molar-refractivity contribution is 7.94. The van der Waals surface area contributed by atoms with E-state index in [1.165, 1.54) is 17.6 Å². The smallest absolute Gasteiger partial charge is 0.309 e. The van der Waals surface area contributed by atoms with E-state index >= 15 is 0 Å². The van der Waals surface area contributed by atoms with E-state index in [4.69, 9.17) is 8.92 Å². The number of unbranched alkanes of at least 4 members (excludes halogenated alkanes) is 1. The maximum atomic E-state index is 12.2. The Hall–Kier alpha value is -1.00. The summed E-state index contributed by atoms with van der Waals surface area (Å²) in [6.07, 6.45) is 3.61. The minimum atomic E-state index is -0.0562. The maximum absolute atomic E-state index is 12.2. The van der Waals surface area contributed by atoms with Crippen molar-refractivity contribution in [1.29, 1.82) is 0 Å². The van der Waals surface area contributed by atoms with Crippen LogP contribution < -0.4 is 0 Å². The van der Waals surface area contributed by atoms with Gasteiger partial charge in [0.25, 0.3) is 0 Å². The zero-order valence-electron chi connectivity index (χ0n) is 15.8. The molecule has 1 unspecified atom stereocenters. The largest absolute Gasteiger partial charge is 0.465 e. The number of carbonyl (C=O) groups is 1. The van der Waals surface area contributed by atoms with Gasteiger partial charge in [-0.25, -0.2) is 0 Å². The van der Waals surface area contributed by atoms with Crippen LogP contribution in [0.4, 0.5) is 0 Å². The molecule has 1 atom stereocenters. The highest BCUT2D eigenvalue weighted by Crippen LogP contribution is 2.30. The molecule has 0 saturated carbocycles. The third-order valence-electron chi connectivity index (χ3n) is 3.95. The SMILES string of the molecule is CCCC(C(=O)OCCCCOSc1ccc(C)cc1)C(C)(C)C. The molecular formula is C20H32O3S. The van der Waals surface area contributed by atoms with Gasteiger partial charge in [-0.05, 0) is 43.7 Å². The first-order chi connectivity index (χ1) is 11.3. The van der Waals surface area contributed by atoms with Crippen LogP contribution in [0.3, 0.4) is 0 Å². The zero-order valence-corrected chi connectivity index (χ0v) is 16.6. The number of aryl methyl sites for hydroxylation is 1. The van der Waals surface area contributed by atoms with Gasteiger partial charge in [0.05, 0.1) is 19.1 Å². The van der Waals surface area contributed by atoms with E-state index in [0.29, 0.717) is 13.2 Å². The lowest BCUT2D eigenvalue weighted by molar-refractivity contribution is -0.153. The quantitative estimate of drug-likeness (QED) is 0.303. The van der Waals surface area contributed by atoms with Gasteiger partial charge >= 0.3 is 5.97 Å². The summed E-state index contributed by atoms with van der Waals surface area (Å²) in [6.45, 7) is 11.6. The summed E-state index contributed by atoms with van der Waals surface area (Å²) >= 11 is 1.40. The maximum Gasteiger partial charge on any atom is 0.309 e. The second kappa shape index (κ2) is 10.8. The van der Waals surface area contributed by atoms with Crippen molar-refractivity contribution < 1.29 is 13.7 Å². The van der Waals surface area contributed by atoms with Crippen LogP contribution in [0.15, 0.2) is 29.2 Å². The number of ether oxygens (including phenoxy) is 1. The average Bonchev–Trinajstić information content (AvgIpc) is 2.52. The minimum Gasteiger partial charge on any atom is -0.465 e. The van der Waals surface area contributed by atoms with Gasteiger partial charge in [-0.1, -0.05) is 51.8 Å². The van der Waals surface area contributed by atoms with Gasteiger partial charge in [0.2, 0.25) is 0 Å². The third kappa shape index (κ3) is 8.20. The number of hydrogen-bond acceptors (Lipinski definition) is 4. The number of rotatable bonds is 10. The first-order valence-electron chi connectivity index (χ1n) is 8.87. The molecule has 3 nitrogen and oxygen atoms in total. The molecule has 0 heterocycles. The van der Waals surface area contributed by atoms with E-state index < -0.39 is 0 Å². The van der Waals surface area contributed by atoms with Crippen LogP contribution >= 0.6 is 12.0 Å². The van der Waals surface area contributed by atoms with Crippen molar-refractivity contribution in [2.24, 2.45) is 11.3 Å². The molecule has 0 spiro atoms. The van der Waals surface area contributed by atoms with Crippen LogP contribution in [0.25, 0.3) is 0 Å². The van der Waals surface area contributed by atoms with E-state index in [0.717, 1.165) is 30.6 Å². The topological polar surface area (TPSA) is 35.5 Å². The Morgan fingerprint density at radius 2 is 1.75 bits per heavy atom. The molecular weight excluding hydrogens is 320 g/mol. The van der Waals surface area contributed by atoms with E-state index in [1.54, 1.807) is 0 Å². The highest BCUT2D eigenvalue weighted by Gasteiger charge is 2.31. The first-order valence-corrected chi connectivity index (χ1v) is 9.61. The van der Waals surface area contributed by atoms with Crippen LogP contribution in [0.2, 0.25) is 0 Å². The number of hydrogen-bond donors (Lipinski definition) is 0. The second-order valence-corrected chi connectivity index (χ2v) is 8.17. The Morgan fingerprint density at radius 3 is 2.33 bits per heavy atom. The molecule has 1 aromatic rings. The van der Waals surface area contributed by atoms with Crippen molar-refractivity contribution in [2.45, 2.75) is 65.2 Å². The lowest BCUT2D eigenvalue weighted by Crippen LogP contribution is -2.30. The second-order valence-electron chi connectivity index (χ2n) is 7.30. The summed E-state index contributed by atoms with van der Waals surface area (Å²) in [6, 6.07) is 8.27. The molecule has 1 rings (SSSR count). The minimum absolute atomic E-state index is 0.0177. The molecule has 0 aromatic heterocycles. The van der Waals surface area contributed by atoms with Crippen molar-refractivity contribution in [3.8, 4) is 0 Å². The third-order valence-corrected chi connectivity index (χ3v) is 4.70. The van der Waals surface area contributed by atoms with Crippen LogP contribution in [0, 0.1) is 18.3 Å². The van der Waals surface area contributed by atoms with Crippen LogP contribution in [-0.2, 0) is 13.7 Å². The number of carbonyl (C=O) groups excluding carboxylic acids is 1. The van der Waals surface area contributed by atoms with Gasteiger partial charge in [-0.15, -0.1) is 0 Å². The van der Waals surface area contributed by atoms with Crippen molar-refractivity contribution in [2.75, 3.05) is 13.2 Å². The predicted octanol–water partition coefficient (Wildman–Crippen LogP) is 5.80. The van der Waals surface area contributed by atoms with Crippen LogP contribution in [0.1, 0.15) is 58.9 Å². The Morgan fingerprint density at radius 1 is 1.12 bits per heavy atom. The highest BCUT2D eigenvalue weighted by atomic mass is 32.2. The molecule has 0 fully saturated rings. The predicted molar refractivity (Wildman–Crippen MR) is 101 cm³/mol. The average molecular weight is 353 g/mol.